The second-order valence-corrected chi connectivity index (χ2v) is 7.58. The first-order chi connectivity index (χ1) is 10.2. The second-order valence-electron chi connectivity index (χ2n) is 4.68. The van der Waals surface area contributed by atoms with Crippen molar-refractivity contribution in [2.45, 2.75) is 5.38 Å². The summed E-state index contributed by atoms with van der Waals surface area (Å²) in [6.45, 7) is 1.10. The fourth-order valence-electron chi connectivity index (χ4n) is 2.34. The fourth-order valence-corrected chi connectivity index (χ4v) is 5.15. The third-order valence-corrected chi connectivity index (χ3v) is 6.43. The number of hydrogen-bond acceptors (Lipinski definition) is 4. The Morgan fingerprint density at radius 1 is 1.05 bits per heavy atom. The molecular formula is C15H10Cl2O2S2. The van der Waals surface area contributed by atoms with E-state index in [0.717, 1.165) is 10.4 Å². The van der Waals surface area contributed by atoms with E-state index in [9.17, 15) is 0 Å². The summed E-state index contributed by atoms with van der Waals surface area (Å²) in [5.41, 5.74) is 0.858. The van der Waals surface area contributed by atoms with Crippen molar-refractivity contribution in [2.75, 3.05) is 13.2 Å². The highest BCUT2D eigenvalue weighted by molar-refractivity contribution is 7.27. The van der Waals surface area contributed by atoms with Crippen LogP contribution in [0.15, 0.2) is 29.6 Å². The van der Waals surface area contributed by atoms with Gasteiger partial charge in [0.2, 0.25) is 0 Å². The van der Waals surface area contributed by atoms with Gasteiger partial charge in [0.1, 0.15) is 13.2 Å². The molecule has 2 aromatic heterocycles. The molecule has 0 aliphatic carbocycles. The molecule has 0 N–H and O–H groups in total. The summed E-state index contributed by atoms with van der Waals surface area (Å²) >= 11 is 16.4. The van der Waals surface area contributed by atoms with Gasteiger partial charge in [0.15, 0.2) is 11.5 Å². The van der Waals surface area contributed by atoms with Gasteiger partial charge in [-0.15, -0.1) is 34.3 Å². The highest BCUT2D eigenvalue weighted by atomic mass is 35.5. The Labute approximate surface area is 139 Å². The van der Waals surface area contributed by atoms with Crippen LogP contribution in [0.4, 0.5) is 0 Å². The van der Waals surface area contributed by atoms with E-state index in [-0.39, 0.29) is 5.38 Å². The van der Waals surface area contributed by atoms with Crippen molar-refractivity contribution in [2.24, 2.45) is 0 Å². The zero-order valence-electron chi connectivity index (χ0n) is 10.8. The number of alkyl halides is 1. The van der Waals surface area contributed by atoms with Crippen LogP contribution in [0.25, 0.3) is 9.40 Å². The van der Waals surface area contributed by atoms with Gasteiger partial charge in [0.25, 0.3) is 0 Å². The molecule has 0 fully saturated rings. The van der Waals surface area contributed by atoms with Crippen LogP contribution < -0.4 is 9.47 Å². The summed E-state index contributed by atoms with van der Waals surface area (Å²) in [4.78, 5) is 1.09. The molecule has 0 radical (unpaired) electrons. The summed E-state index contributed by atoms with van der Waals surface area (Å²) in [5, 5.41) is 2.42. The van der Waals surface area contributed by atoms with Crippen LogP contribution in [0, 0.1) is 0 Å². The number of halogens is 2. The predicted molar refractivity (Wildman–Crippen MR) is 89.8 cm³/mol. The van der Waals surface area contributed by atoms with E-state index >= 15 is 0 Å². The number of benzene rings is 1. The standard InChI is InChI=1S/C15H10Cl2O2S2/c16-9-6-11-10(18-2-3-19-11)5-8(9)15(17)14-7-13-12(21-14)1-4-20-13/h1,4-7,15H,2-3H2. The zero-order valence-corrected chi connectivity index (χ0v) is 13.9. The summed E-state index contributed by atoms with van der Waals surface area (Å²) < 4.78 is 13.7. The number of thiophene rings is 2. The maximum Gasteiger partial charge on any atom is 0.162 e. The van der Waals surface area contributed by atoms with Gasteiger partial charge in [-0.2, -0.15) is 0 Å². The van der Waals surface area contributed by atoms with Gasteiger partial charge < -0.3 is 9.47 Å². The molecule has 1 aliphatic rings. The van der Waals surface area contributed by atoms with E-state index in [1.54, 1.807) is 28.7 Å². The molecule has 1 aromatic carbocycles. The SMILES string of the molecule is Clc1cc2c(cc1C(Cl)c1cc3sccc3s1)OCCO2. The lowest BCUT2D eigenvalue weighted by atomic mass is 10.1. The Hall–Kier alpha value is -0.940. The third-order valence-electron chi connectivity index (χ3n) is 3.34. The number of hydrogen-bond donors (Lipinski definition) is 0. The summed E-state index contributed by atoms with van der Waals surface area (Å²) in [5.74, 6) is 1.40. The van der Waals surface area contributed by atoms with Crippen molar-refractivity contribution in [3.05, 3.63) is 45.1 Å². The number of fused-ring (bicyclic) bond motifs is 2. The molecule has 21 heavy (non-hydrogen) atoms. The maximum absolute atomic E-state index is 6.64. The molecule has 1 unspecified atom stereocenters. The first kappa shape index (κ1) is 13.7. The molecule has 4 rings (SSSR count). The van der Waals surface area contributed by atoms with E-state index in [2.05, 4.69) is 17.5 Å². The van der Waals surface area contributed by atoms with Gasteiger partial charge >= 0.3 is 0 Å². The Balaban J connectivity index is 1.76. The van der Waals surface area contributed by atoms with Crippen LogP contribution >= 0.6 is 45.9 Å². The largest absolute Gasteiger partial charge is 0.486 e. The highest BCUT2D eigenvalue weighted by Crippen LogP contribution is 2.44. The van der Waals surface area contributed by atoms with Crippen molar-refractivity contribution >= 4 is 55.3 Å². The lowest BCUT2D eigenvalue weighted by Gasteiger charge is -2.21. The molecule has 108 valence electrons. The molecule has 0 amide bonds. The van der Waals surface area contributed by atoms with E-state index in [1.807, 2.05) is 6.07 Å². The maximum atomic E-state index is 6.64. The smallest absolute Gasteiger partial charge is 0.162 e. The van der Waals surface area contributed by atoms with E-state index in [4.69, 9.17) is 32.7 Å². The number of rotatable bonds is 2. The zero-order chi connectivity index (χ0) is 14.4. The Morgan fingerprint density at radius 2 is 1.81 bits per heavy atom. The first-order valence-corrected chi connectivity index (χ1v) is 8.93. The minimum Gasteiger partial charge on any atom is -0.486 e. The van der Waals surface area contributed by atoms with Crippen molar-refractivity contribution in [1.82, 2.24) is 0 Å². The van der Waals surface area contributed by atoms with Gasteiger partial charge in [-0.1, -0.05) is 11.6 Å². The molecule has 2 nitrogen and oxygen atoms in total. The van der Waals surface area contributed by atoms with Gasteiger partial charge in [-0.25, -0.2) is 0 Å². The Bertz CT molecular complexity index is 781. The normalized spacial score (nSPS) is 15.3. The molecule has 3 aromatic rings. The second kappa shape index (κ2) is 5.36. The molecule has 0 saturated carbocycles. The molecule has 0 bridgehead atoms. The lowest BCUT2D eigenvalue weighted by Crippen LogP contribution is -2.15. The molecule has 1 atom stereocenters. The lowest BCUT2D eigenvalue weighted by molar-refractivity contribution is 0.171. The van der Waals surface area contributed by atoms with Crippen molar-refractivity contribution in [3.8, 4) is 11.5 Å². The Kier molecular flexibility index (Phi) is 3.50. The van der Waals surface area contributed by atoms with Gasteiger partial charge in [-0.05, 0) is 29.1 Å². The summed E-state index contributed by atoms with van der Waals surface area (Å²) in [6.07, 6.45) is 0. The van der Waals surface area contributed by atoms with Crippen LogP contribution in [-0.4, -0.2) is 13.2 Å². The quantitative estimate of drug-likeness (QED) is 0.547. The highest BCUT2D eigenvalue weighted by Gasteiger charge is 2.22. The monoisotopic (exact) mass is 356 g/mol. The van der Waals surface area contributed by atoms with Crippen LogP contribution in [0.5, 0.6) is 11.5 Å². The Morgan fingerprint density at radius 3 is 2.57 bits per heavy atom. The molecule has 0 saturated heterocycles. The molecular weight excluding hydrogens is 347 g/mol. The average molecular weight is 357 g/mol. The van der Waals surface area contributed by atoms with Gasteiger partial charge in [0.05, 0.1) is 5.38 Å². The van der Waals surface area contributed by atoms with Crippen LogP contribution in [0.2, 0.25) is 5.02 Å². The minimum atomic E-state index is -0.280. The van der Waals surface area contributed by atoms with Gasteiger partial charge in [0, 0.05) is 25.4 Å². The van der Waals surface area contributed by atoms with Crippen molar-refractivity contribution in [3.63, 3.8) is 0 Å². The van der Waals surface area contributed by atoms with Gasteiger partial charge in [-0.3, -0.25) is 0 Å². The van der Waals surface area contributed by atoms with Crippen molar-refractivity contribution < 1.29 is 9.47 Å². The molecule has 6 heteroatoms. The number of ether oxygens (including phenoxy) is 2. The van der Waals surface area contributed by atoms with Crippen LogP contribution in [0.1, 0.15) is 15.8 Å². The third kappa shape index (κ3) is 2.40. The summed E-state index contributed by atoms with van der Waals surface area (Å²) in [6, 6.07) is 7.93. The molecule has 0 spiro atoms. The molecule has 3 heterocycles. The van der Waals surface area contributed by atoms with E-state index in [1.165, 1.54) is 9.40 Å². The van der Waals surface area contributed by atoms with Crippen LogP contribution in [0.3, 0.4) is 0 Å². The fraction of sp³-hybridized carbons (Fsp3) is 0.200. The topological polar surface area (TPSA) is 18.5 Å². The summed E-state index contributed by atoms with van der Waals surface area (Å²) in [7, 11) is 0. The average Bonchev–Trinajstić information content (AvgIpc) is 3.07. The molecule has 1 aliphatic heterocycles. The van der Waals surface area contributed by atoms with E-state index < -0.39 is 0 Å². The van der Waals surface area contributed by atoms with Crippen molar-refractivity contribution in [1.29, 1.82) is 0 Å². The first-order valence-electron chi connectivity index (χ1n) is 6.42. The van der Waals surface area contributed by atoms with Crippen LogP contribution in [-0.2, 0) is 0 Å². The minimum absolute atomic E-state index is 0.280. The van der Waals surface area contributed by atoms with E-state index in [0.29, 0.717) is 29.7 Å². The predicted octanol–water partition coefficient (Wildman–Crippen LogP) is 5.72.